The standard InChI is InChI=1S/C16H15Cl2N5S/c1-3-8-23-15(11-4-6-12(17)7-5-11)20-21-16(23)24-10-14-19-9-13(18)22(14)2/h3-7,9H,1,8,10H2,2H3. The Balaban J connectivity index is 1.87. The van der Waals surface area contributed by atoms with Crippen LogP contribution in [0.2, 0.25) is 10.2 Å². The number of rotatable bonds is 6. The summed E-state index contributed by atoms with van der Waals surface area (Å²) >= 11 is 13.5. The van der Waals surface area contributed by atoms with E-state index in [1.54, 1.807) is 18.0 Å². The van der Waals surface area contributed by atoms with Crippen LogP contribution < -0.4 is 0 Å². The van der Waals surface area contributed by atoms with E-state index in [4.69, 9.17) is 23.2 Å². The largest absolute Gasteiger partial charge is 0.322 e. The first-order valence-electron chi connectivity index (χ1n) is 7.19. The molecule has 8 heteroatoms. The predicted molar refractivity (Wildman–Crippen MR) is 98.4 cm³/mol. The lowest BCUT2D eigenvalue weighted by Crippen LogP contribution is -2.02. The summed E-state index contributed by atoms with van der Waals surface area (Å²) in [6.07, 6.45) is 3.47. The van der Waals surface area contributed by atoms with E-state index in [0.29, 0.717) is 22.5 Å². The summed E-state index contributed by atoms with van der Waals surface area (Å²) in [5.41, 5.74) is 0.959. The van der Waals surface area contributed by atoms with Gasteiger partial charge in [-0.15, -0.1) is 16.8 Å². The van der Waals surface area contributed by atoms with Crippen LogP contribution >= 0.6 is 35.0 Å². The molecular formula is C16H15Cl2N5S. The second kappa shape index (κ2) is 7.42. The summed E-state index contributed by atoms with van der Waals surface area (Å²) in [5.74, 6) is 2.32. The number of hydrogen-bond donors (Lipinski definition) is 0. The Kier molecular flexibility index (Phi) is 5.28. The van der Waals surface area contributed by atoms with Gasteiger partial charge in [-0.05, 0) is 24.3 Å². The molecule has 0 saturated heterocycles. The van der Waals surface area contributed by atoms with Gasteiger partial charge in [-0.25, -0.2) is 4.98 Å². The van der Waals surface area contributed by atoms with Crippen molar-refractivity contribution in [2.24, 2.45) is 7.05 Å². The topological polar surface area (TPSA) is 48.5 Å². The molecular weight excluding hydrogens is 365 g/mol. The number of aromatic nitrogens is 5. The van der Waals surface area contributed by atoms with E-state index < -0.39 is 0 Å². The Morgan fingerprint density at radius 3 is 2.58 bits per heavy atom. The van der Waals surface area contributed by atoms with E-state index in [1.165, 1.54) is 0 Å². The van der Waals surface area contributed by atoms with Gasteiger partial charge in [0.2, 0.25) is 0 Å². The first kappa shape index (κ1) is 17.1. The van der Waals surface area contributed by atoms with Crippen LogP contribution in [0.4, 0.5) is 0 Å². The molecule has 0 unspecified atom stereocenters. The third kappa shape index (κ3) is 3.50. The van der Waals surface area contributed by atoms with Gasteiger partial charge < -0.3 is 4.57 Å². The molecule has 0 spiro atoms. The van der Waals surface area contributed by atoms with Crippen LogP contribution in [-0.2, 0) is 19.3 Å². The summed E-state index contributed by atoms with van der Waals surface area (Å²) < 4.78 is 3.87. The Morgan fingerprint density at radius 2 is 1.96 bits per heavy atom. The van der Waals surface area contributed by atoms with Gasteiger partial charge in [0, 0.05) is 24.2 Å². The van der Waals surface area contributed by atoms with Crippen molar-refractivity contribution in [3.8, 4) is 11.4 Å². The lowest BCUT2D eigenvalue weighted by Gasteiger charge is -2.08. The summed E-state index contributed by atoms with van der Waals surface area (Å²) in [6.45, 7) is 4.44. The van der Waals surface area contributed by atoms with E-state index in [0.717, 1.165) is 22.4 Å². The molecule has 0 fully saturated rings. The van der Waals surface area contributed by atoms with Crippen LogP contribution in [-0.4, -0.2) is 24.3 Å². The van der Waals surface area contributed by atoms with Crippen molar-refractivity contribution in [2.75, 3.05) is 0 Å². The van der Waals surface area contributed by atoms with Gasteiger partial charge in [-0.1, -0.05) is 41.0 Å². The third-order valence-corrected chi connectivity index (χ3v) is 5.05. The first-order valence-corrected chi connectivity index (χ1v) is 8.93. The average Bonchev–Trinajstić information content (AvgIpc) is 3.12. The Labute approximate surface area is 154 Å². The summed E-state index contributed by atoms with van der Waals surface area (Å²) in [4.78, 5) is 4.30. The van der Waals surface area contributed by atoms with Crippen LogP contribution in [0.25, 0.3) is 11.4 Å². The molecule has 0 radical (unpaired) electrons. The minimum Gasteiger partial charge on any atom is -0.322 e. The second-order valence-electron chi connectivity index (χ2n) is 5.06. The van der Waals surface area contributed by atoms with Crippen molar-refractivity contribution >= 4 is 35.0 Å². The minimum atomic E-state index is 0.611. The van der Waals surface area contributed by atoms with Crippen LogP contribution in [0.1, 0.15) is 5.82 Å². The molecule has 1 aromatic carbocycles. The minimum absolute atomic E-state index is 0.611. The van der Waals surface area contributed by atoms with E-state index >= 15 is 0 Å². The SMILES string of the molecule is C=CCn1c(SCc2ncc(Cl)n2C)nnc1-c1ccc(Cl)cc1. The highest BCUT2D eigenvalue weighted by Crippen LogP contribution is 2.27. The zero-order valence-electron chi connectivity index (χ0n) is 13.0. The van der Waals surface area contributed by atoms with Crippen LogP contribution in [0.15, 0.2) is 48.3 Å². The summed E-state index contributed by atoms with van der Waals surface area (Å²) in [7, 11) is 1.89. The fourth-order valence-corrected chi connectivity index (χ4v) is 3.40. The van der Waals surface area contributed by atoms with Crippen molar-refractivity contribution < 1.29 is 0 Å². The molecule has 0 bridgehead atoms. The molecule has 124 valence electrons. The van der Waals surface area contributed by atoms with Gasteiger partial charge in [0.1, 0.15) is 11.0 Å². The zero-order chi connectivity index (χ0) is 17.1. The van der Waals surface area contributed by atoms with Gasteiger partial charge in [0.25, 0.3) is 0 Å². The average molecular weight is 380 g/mol. The Hall–Kier alpha value is -1.76. The quantitative estimate of drug-likeness (QED) is 0.468. The molecule has 24 heavy (non-hydrogen) atoms. The number of imidazole rings is 1. The highest BCUT2D eigenvalue weighted by molar-refractivity contribution is 7.98. The molecule has 3 rings (SSSR count). The Bertz CT molecular complexity index is 854. The normalized spacial score (nSPS) is 11.0. The van der Waals surface area contributed by atoms with Crippen LogP contribution in [0, 0.1) is 0 Å². The molecule has 2 heterocycles. The van der Waals surface area contributed by atoms with Gasteiger partial charge in [-0.3, -0.25) is 4.57 Å². The van der Waals surface area contributed by atoms with Gasteiger partial charge in [0.15, 0.2) is 11.0 Å². The molecule has 0 aliphatic carbocycles. The molecule has 0 aliphatic heterocycles. The van der Waals surface area contributed by atoms with E-state index in [2.05, 4.69) is 21.8 Å². The monoisotopic (exact) mass is 379 g/mol. The number of allylic oxidation sites excluding steroid dienone is 1. The van der Waals surface area contributed by atoms with Crippen molar-refractivity contribution in [3.05, 3.63) is 59.1 Å². The number of thioether (sulfide) groups is 1. The molecule has 3 aromatic rings. The number of halogens is 2. The van der Waals surface area contributed by atoms with Crippen molar-refractivity contribution in [2.45, 2.75) is 17.5 Å². The first-order chi connectivity index (χ1) is 11.6. The van der Waals surface area contributed by atoms with Crippen molar-refractivity contribution in [1.82, 2.24) is 24.3 Å². The van der Waals surface area contributed by atoms with Crippen LogP contribution in [0.3, 0.4) is 0 Å². The summed E-state index contributed by atoms with van der Waals surface area (Å²) in [5, 5.41) is 10.7. The van der Waals surface area contributed by atoms with Gasteiger partial charge in [0.05, 0.1) is 11.9 Å². The third-order valence-electron chi connectivity index (χ3n) is 3.49. The van der Waals surface area contributed by atoms with E-state index in [9.17, 15) is 0 Å². The maximum absolute atomic E-state index is 6.02. The molecule has 0 atom stereocenters. The van der Waals surface area contributed by atoms with Crippen molar-refractivity contribution in [3.63, 3.8) is 0 Å². The molecule has 0 saturated carbocycles. The molecule has 0 amide bonds. The lowest BCUT2D eigenvalue weighted by atomic mass is 10.2. The number of benzene rings is 1. The van der Waals surface area contributed by atoms with E-state index in [1.807, 2.05) is 46.5 Å². The molecule has 5 nitrogen and oxygen atoms in total. The highest BCUT2D eigenvalue weighted by atomic mass is 35.5. The van der Waals surface area contributed by atoms with Gasteiger partial charge in [-0.2, -0.15) is 0 Å². The molecule has 0 N–H and O–H groups in total. The van der Waals surface area contributed by atoms with Crippen molar-refractivity contribution in [1.29, 1.82) is 0 Å². The maximum atomic E-state index is 6.02. The zero-order valence-corrected chi connectivity index (χ0v) is 15.3. The highest BCUT2D eigenvalue weighted by Gasteiger charge is 2.15. The fourth-order valence-electron chi connectivity index (χ4n) is 2.19. The number of nitrogens with zero attached hydrogens (tertiary/aromatic N) is 5. The smallest absolute Gasteiger partial charge is 0.192 e. The molecule has 2 aromatic heterocycles. The van der Waals surface area contributed by atoms with E-state index in [-0.39, 0.29) is 0 Å². The predicted octanol–water partition coefficient (Wildman–Crippen LogP) is 4.46. The lowest BCUT2D eigenvalue weighted by molar-refractivity contribution is 0.729. The van der Waals surface area contributed by atoms with Gasteiger partial charge >= 0.3 is 0 Å². The Morgan fingerprint density at radius 1 is 1.21 bits per heavy atom. The summed E-state index contributed by atoms with van der Waals surface area (Å²) in [6, 6.07) is 7.54. The molecule has 0 aliphatic rings. The number of hydrogen-bond acceptors (Lipinski definition) is 4. The van der Waals surface area contributed by atoms with Crippen LogP contribution in [0.5, 0.6) is 0 Å². The fraction of sp³-hybridized carbons (Fsp3) is 0.188. The maximum Gasteiger partial charge on any atom is 0.192 e. The second-order valence-corrected chi connectivity index (χ2v) is 6.82.